The fraction of sp³-hybridized carbons (Fsp3) is 0.526. The number of piperazine rings is 1. The van der Waals surface area contributed by atoms with Crippen LogP contribution in [0.4, 0.5) is 4.79 Å². The number of benzene rings is 1. The molecule has 0 saturated carbocycles. The van der Waals surface area contributed by atoms with Gasteiger partial charge in [-0.3, -0.25) is 9.48 Å². The van der Waals surface area contributed by atoms with E-state index in [0.29, 0.717) is 46.0 Å². The quantitative estimate of drug-likeness (QED) is 0.571. The molecule has 156 valence electrons. The summed E-state index contributed by atoms with van der Waals surface area (Å²) in [6.45, 7) is 6.83. The molecule has 1 aromatic carbocycles. The average Bonchev–Trinajstić information content (AvgIpc) is 2.96. The molecule has 2 aliphatic heterocycles. The van der Waals surface area contributed by atoms with Gasteiger partial charge in [-0.15, -0.1) is 0 Å². The molecule has 0 bridgehead atoms. The number of rotatable bonds is 0. The van der Waals surface area contributed by atoms with Crippen molar-refractivity contribution in [2.75, 3.05) is 26.2 Å². The minimum Gasteiger partial charge on any atom is -0.489 e. The van der Waals surface area contributed by atoms with Crippen molar-refractivity contribution in [1.82, 2.24) is 19.6 Å². The lowest BCUT2D eigenvalue weighted by molar-refractivity contribution is 0.000965. The number of hydrogen-bond donors (Lipinski definition) is 0. The van der Waals surface area contributed by atoms with Gasteiger partial charge in [0.25, 0.3) is 5.91 Å². The Hall–Kier alpha value is -2.00. The smallest absolute Gasteiger partial charge is 0.410 e. The van der Waals surface area contributed by atoms with Crippen LogP contribution >= 0.6 is 27.5 Å². The van der Waals surface area contributed by atoms with Gasteiger partial charge in [-0.25, -0.2) is 4.79 Å². The predicted octanol–water partition coefficient (Wildman–Crippen LogP) is 3.44. The number of ether oxygens (including phenoxy) is 2. The van der Waals surface area contributed by atoms with E-state index in [2.05, 4.69) is 21.0 Å². The van der Waals surface area contributed by atoms with Crippen LogP contribution in [0.3, 0.4) is 0 Å². The average molecular weight is 486 g/mol. The van der Waals surface area contributed by atoms with Crippen molar-refractivity contribution in [2.24, 2.45) is 7.05 Å². The van der Waals surface area contributed by atoms with Crippen LogP contribution < -0.4 is 4.74 Å². The third kappa shape index (κ3) is 3.44. The zero-order valence-electron chi connectivity index (χ0n) is 16.7. The second kappa shape index (κ2) is 7.05. The van der Waals surface area contributed by atoms with Crippen LogP contribution in [-0.2, 0) is 11.8 Å². The van der Waals surface area contributed by atoms with E-state index in [1.54, 1.807) is 27.7 Å². The molecule has 1 saturated heterocycles. The van der Waals surface area contributed by atoms with Gasteiger partial charge >= 0.3 is 6.09 Å². The molecule has 2 aromatic rings. The Kier molecular flexibility index (Phi) is 4.93. The highest BCUT2D eigenvalue weighted by Crippen LogP contribution is 2.44. The summed E-state index contributed by atoms with van der Waals surface area (Å²) in [6.07, 6.45) is 1.28. The normalized spacial score (nSPS) is 19.5. The largest absolute Gasteiger partial charge is 0.489 e. The minimum absolute atomic E-state index is 0.172. The maximum Gasteiger partial charge on any atom is 0.410 e. The molecule has 0 N–H and O–H groups in total. The highest BCUT2D eigenvalue weighted by atomic mass is 79.9. The minimum atomic E-state index is -0.578. The summed E-state index contributed by atoms with van der Waals surface area (Å²) in [5.41, 5.74) is 0.489. The topological polar surface area (TPSA) is 76.9 Å². The zero-order valence-corrected chi connectivity index (χ0v) is 19.0. The molecule has 2 aliphatic rings. The summed E-state index contributed by atoms with van der Waals surface area (Å²) in [5, 5.41) is 5.37. The van der Waals surface area contributed by atoms with E-state index in [0.717, 1.165) is 5.39 Å². The highest BCUT2D eigenvalue weighted by molar-refractivity contribution is 9.10. The summed E-state index contributed by atoms with van der Waals surface area (Å²) >= 11 is 10.0. The lowest BCUT2D eigenvalue weighted by Crippen LogP contribution is -2.58. The highest BCUT2D eigenvalue weighted by Gasteiger charge is 2.40. The van der Waals surface area contributed by atoms with Crippen LogP contribution in [0.1, 0.15) is 31.1 Å². The molecule has 4 rings (SSSR count). The number of aromatic nitrogens is 2. The Balaban J connectivity index is 1.69. The van der Waals surface area contributed by atoms with Crippen molar-refractivity contribution in [3.05, 3.63) is 21.3 Å². The van der Waals surface area contributed by atoms with Crippen LogP contribution in [0.25, 0.3) is 10.9 Å². The van der Waals surface area contributed by atoms with Crippen LogP contribution in [0.5, 0.6) is 5.75 Å². The third-order valence-corrected chi connectivity index (χ3v) is 6.47. The van der Waals surface area contributed by atoms with Crippen molar-refractivity contribution in [3.63, 3.8) is 0 Å². The Bertz CT molecular complexity index is 1020. The van der Waals surface area contributed by atoms with E-state index in [4.69, 9.17) is 21.1 Å². The maximum atomic E-state index is 13.5. The fourth-order valence-corrected chi connectivity index (χ4v) is 4.47. The van der Waals surface area contributed by atoms with Crippen LogP contribution in [0.2, 0.25) is 5.02 Å². The van der Waals surface area contributed by atoms with Crippen LogP contribution in [-0.4, -0.2) is 69.5 Å². The number of nitrogens with zero attached hydrogens (tertiary/aromatic N) is 4. The summed E-state index contributed by atoms with van der Waals surface area (Å²) in [5.74, 6) is 0.173. The van der Waals surface area contributed by atoms with Crippen LogP contribution in [0, 0.1) is 0 Å². The van der Waals surface area contributed by atoms with E-state index in [1.165, 1.54) is 0 Å². The molecule has 1 aromatic heterocycles. The monoisotopic (exact) mass is 484 g/mol. The van der Waals surface area contributed by atoms with Gasteiger partial charge in [0.05, 0.1) is 27.3 Å². The summed E-state index contributed by atoms with van der Waals surface area (Å²) in [7, 11) is 1.78. The van der Waals surface area contributed by atoms with E-state index >= 15 is 0 Å². The third-order valence-electron chi connectivity index (χ3n) is 5.06. The zero-order chi connectivity index (χ0) is 21.1. The number of halogens is 2. The number of carbonyl (C=O) groups is 2. The number of amides is 2. The first-order valence-electron chi connectivity index (χ1n) is 9.33. The molecule has 1 atom stereocenters. The number of carbonyl (C=O) groups excluding carboxylic acids is 2. The van der Waals surface area contributed by atoms with E-state index in [9.17, 15) is 9.59 Å². The molecular weight excluding hydrogens is 464 g/mol. The number of hydrogen-bond acceptors (Lipinski definition) is 5. The SMILES string of the molecule is Cn1ncc2c(Br)c(Cl)c3c(c21)C(=O)N1CCN(C(=O)OC(C)(C)C)C[C@@H]1CO3. The van der Waals surface area contributed by atoms with Gasteiger partial charge in [0.2, 0.25) is 0 Å². The number of aryl methyl sites for hydroxylation is 1. The van der Waals surface area contributed by atoms with Gasteiger partial charge in [-0.1, -0.05) is 11.6 Å². The van der Waals surface area contributed by atoms with Gasteiger partial charge in [-0.05, 0) is 36.7 Å². The fourth-order valence-electron chi connectivity index (χ4n) is 3.74. The van der Waals surface area contributed by atoms with E-state index in [-0.39, 0.29) is 24.6 Å². The molecule has 2 amide bonds. The molecule has 10 heteroatoms. The molecule has 0 spiro atoms. The predicted molar refractivity (Wildman–Crippen MR) is 112 cm³/mol. The van der Waals surface area contributed by atoms with Crippen LogP contribution in [0.15, 0.2) is 10.7 Å². The van der Waals surface area contributed by atoms with Crippen molar-refractivity contribution in [3.8, 4) is 5.75 Å². The Morgan fingerprint density at radius 3 is 2.79 bits per heavy atom. The molecule has 0 unspecified atom stereocenters. The van der Waals surface area contributed by atoms with Gasteiger partial charge in [0.1, 0.15) is 17.8 Å². The number of fused-ring (bicyclic) bond motifs is 4. The standard InChI is InChI=1S/C19H22BrClN4O4/c1-19(2,3)29-18(27)24-5-6-25-10(8-24)9-28-16-12(17(25)26)15-11(7-22-23(15)4)13(20)14(16)21/h7,10H,5-6,8-9H2,1-4H3/t10-/m1/s1. The lowest BCUT2D eigenvalue weighted by atomic mass is 10.1. The van der Waals surface area contributed by atoms with Gasteiger partial charge in [-0.2, -0.15) is 5.10 Å². The molecular formula is C19H22BrClN4O4. The Morgan fingerprint density at radius 1 is 1.38 bits per heavy atom. The maximum absolute atomic E-state index is 13.5. The lowest BCUT2D eigenvalue weighted by Gasteiger charge is -2.40. The first-order valence-corrected chi connectivity index (χ1v) is 10.5. The summed E-state index contributed by atoms with van der Waals surface area (Å²) < 4.78 is 13.8. The Labute approximate surface area is 181 Å². The molecule has 8 nitrogen and oxygen atoms in total. The molecule has 29 heavy (non-hydrogen) atoms. The van der Waals surface area contributed by atoms with Crippen molar-refractivity contribution in [1.29, 1.82) is 0 Å². The van der Waals surface area contributed by atoms with Gasteiger partial charge in [0.15, 0.2) is 5.75 Å². The summed E-state index contributed by atoms with van der Waals surface area (Å²) in [6, 6.07) is -0.297. The molecule has 1 fully saturated rings. The molecule has 3 heterocycles. The second-order valence-corrected chi connectivity index (χ2v) is 9.42. The molecule has 0 radical (unpaired) electrons. The van der Waals surface area contributed by atoms with Crippen molar-refractivity contribution < 1.29 is 19.1 Å². The van der Waals surface area contributed by atoms with Crippen molar-refractivity contribution in [2.45, 2.75) is 32.4 Å². The van der Waals surface area contributed by atoms with Crippen molar-refractivity contribution >= 4 is 50.4 Å². The summed E-state index contributed by atoms with van der Waals surface area (Å²) in [4.78, 5) is 29.4. The van der Waals surface area contributed by atoms with Gasteiger partial charge < -0.3 is 19.3 Å². The first kappa shape index (κ1) is 20.3. The van der Waals surface area contributed by atoms with E-state index < -0.39 is 5.60 Å². The first-order chi connectivity index (χ1) is 13.6. The Morgan fingerprint density at radius 2 is 2.10 bits per heavy atom. The van der Waals surface area contributed by atoms with E-state index in [1.807, 2.05) is 20.8 Å². The second-order valence-electron chi connectivity index (χ2n) is 8.25. The molecule has 0 aliphatic carbocycles. The van der Waals surface area contributed by atoms with Gasteiger partial charge in [0, 0.05) is 32.1 Å².